The van der Waals surface area contributed by atoms with Crippen LogP contribution in [0.15, 0.2) is 18.2 Å². The molecule has 6 heteroatoms. The molecule has 3 N–H and O–H groups in total. The maximum atomic E-state index is 11.7. The van der Waals surface area contributed by atoms with Crippen LogP contribution in [-0.4, -0.2) is 28.1 Å². The number of nitrogens with one attached hydrogen (secondary N) is 2. The van der Waals surface area contributed by atoms with Gasteiger partial charge in [-0.1, -0.05) is 25.8 Å². The second-order valence-electron chi connectivity index (χ2n) is 4.63. The zero-order valence-corrected chi connectivity index (χ0v) is 11.8. The third-order valence-electron chi connectivity index (χ3n) is 2.83. The first-order valence-corrected chi connectivity index (χ1v) is 6.72. The highest BCUT2D eigenvalue weighted by molar-refractivity contribution is 5.82. The van der Waals surface area contributed by atoms with Crippen molar-refractivity contribution in [2.75, 3.05) is 0 Å². The van der Waals surface area contributed by atoms with E-state index >= 15 is 0 Å². The summed E-state index contributed by atoms with van der Waals surface area (Å²) < 4.78 is 0. The summed E-state index contributed by atoms with van der Waals surface area (Å²) in [5.74, 6) is -1.01. The Bertz CT molecular complexity index is 463. The number of aliphatic carboxylic acids is 1. The first-order chi connectivity index (χ1) is 9.52. The normalized spacial score (nSPS) is 11.7. The average molecular weight is 279 g/mol. The molecule has 0 saturated carbocycles. The van der Waals surface area contributed by atoms with Gasteiger partial charge in [0.1, 0.15) is 6.04 Å². The van der Waals surface area contributed by atoms with Gasteiger partial charge < -0.3 is 15.7 Å². The molecule has 0 aliphatic heterocycles. The van der Waals surface area contributed by atoms with Gasteiger partial charge in [0.25, 0.3) is 0 Å². The minimum absolute atomic E-state index is 0.271. The molecule has 1 unspecified atom stereocenters. The molecule has 110 valence electrons. The quantitative estimate of drug-likeness (QED) is 0.710. The number of carboxylic acids is 1. The van der Waals surface area contributed by atoms with Gasteiger partial charge in [-0.25, -0.2) is 9.59 Å². The number of carbonyl (C=O) groups excluding carboxylic acids is 1. The topological polar surface area (TPSA) is 91.3 Å². The standard InChI is InChI=1S/C14H21N3O3/c1-3-4-8-12(13(18)19)17-14(20)15-9-11-7-5-6-10(2)16-11/h5-7,12H,3-4,8-9H2,1-2H3,(H,18,19)(H2,15,17,20). The Morgan fingerprint density at radius 1 is 1.40 bits per heavy atom. The summed E-state index contributed by atoms with van der Waals surface area (Å²) in [5, 5.41) is 14.1. The van der Waals surface area contributed by atoms with Crippen molar-refractivity contribution in [2.45, 2.75) is 45.7 Å². The molecule has 0 spiro atoms. The van der Waals surface area contributed by atoms with Gasteiger partial charge in [-0.05, 0) is 25.5 Å². The molecular weight excluding hydrogens is 258 g/mol. The van der Waals surface area contributed by atoms with Gasteiger partial charge in [0, 0.05) is 5.69 Å². The van der Waals surface area contributed by atoms with Gasteiger partial charge >= 0.3 is 12.0 Å². The first-order valence-electron chi connectivity index (χ1n) is 6.72. The van der Waals surface area contributed by atoms with Crippen molar-refractivity contribution >= 4 is 12.0 Å². The first kappa shape index (κ1) is 15.9. The molecule has 6 nitrogen and oxygen atoms in total. The van der Waals surface area contributed by atoms with Gasteiger partial charge in [-0.15, -0.1) is 0 Å². The predicted molar refractivity (Wildman–Crippen MR) is 75.3 cm³/mol. The predicted octanol–water partition coefficient (Wildman–Crippen LogP) is 1.83. The lowest BCUT2D eigenvalue weighted by atomic mass is 10.1. The summed E-state index contributed by atoms with van der Waals surface area (Å²) in [5.41, 5.74) is 1.61. The number of rotatable bonds is 7. The van der Waals surface area contributed by atoms with E-state index < -0.39 is 18.0 Å². The van der Waals surface area contributed by atoms with Crippen molar-refractivity contribution in [1.82, 2.24) is 15.6 Å². The number of nitrogens with zero attached hydrogens (tertiary/aromatic N) is 1. The van der Waals surface area contributed by atoms with Crippen molar-refractivity contribution in [3.05, 3.63) is 29.6 Å². The summed E-state index contributed by atoms with van der Waals surface area (Å²) in [6.07, 6.45) is 2.08. The molecule has 1 atom stereocenters. The highest BCUT2D eigenvalue weighted by atomic mass is 16.4. The average Bonchev–Trinajstić information content (AvgIpc) is 2.41. The number of aryl methyl sites for hydroxylation is 1. The molecule has 0 bridgehead atoms. The molecule has 0 aliphatic carbocycles. The molecule has 1 heterocycles. The van der Waals surface area contributed by atoms with Crippen LogP contribution in [0.1, 0.15) is 37.6 Å². The van der Waals surface area contributed by atoms with E-state index in [9.17, 15) is 9.59 Å². The van der Waals surface area contributed by atoms with E-state index in [2.05, 4.69) is 15.6 Å². The van der Waals surface area contributed by atoms with E-state index in [1.807, 2.05) is 26.0 Å². The molecule has 1 rings (SSSR count). The molecule has 0 saturated heterocycles. The summed E-state index contributed by atoms with van der Waals surface area (Å²) in [6, 6.07) is 4.20. The number of amides is 2. The lowest BCUT2D eigenvalue weighted by Crippen LogP contribution is -2.45. The van der Waals surface area contributed by atoms with Crippen molar-refractivity contribution in [3.8, 4) is 0 Å². The second kappa shape index (κ2) is 8.14. The van der Waals surface area contributed by atoms with Gasteiger partial charge in [0.05, 0.1) is 12.2 Å². The van der Waals surface area contributed by atoms with Crippen LogP contribution in [0.3, 0.4) is 0 Å². The zero-order valence-electron chi connectivity index (χ0n) is 11.8. The Labute approximate surface area is 118 Å². The van der Waals surface area contributed by atoms with E-state index in [0.29, 0.717) is 6.42 Å². The van der Waals surface area contributed by atoms with Crippen molar-refractivity contribution in [3.63, 3.8) is 0 Å². The molecule has 2 amide bonds. The van der Waals surface area contributed by atoms with Crippen LogP contribution in [0.2, 0.25) is 0 Å². The van der Waals surface area contributed by atoms with Crippen LogP contribution in [-0.2, 0) is 11.3 Å². The number of unbranched alkanes of at least 4 members (excludes halogenated alkanes) is 1. The third kappa shape index (κ3) is 5.69. The fourth-order valence-electron chi connectivity index (χ4n) is 1.74. The van der Waals surface area contributed by atoms with E-state index in [1.54, 1.807) is 6.07 Å². The van der Waals surface area contributed by atoms with Crippen LogP contribution in [0.25, 0.3) is 0 Å². The van der Waals surface area contributed by atoms with E-state index in [0.717, 1.165) is 24.2 Å². The summed E-state index contributed by atoms with van der Waals surface area (Å²) in [7, 11) is 0. The van der Waals surface area contributed by atoms with E-state index in [1.165, 1.54) is 0 Å². The summed E-state index contributed by atoms with van der Waals surface area (Å²) in [4.78, 5) is 26.9. The Hall–Kier alpha value is -2.11. The van der Waals surface area contributed by atoms with Gasteiger partial charge in [0.15, 0.2) is 0 Å². The SMILES string of the molecule is CCCCC(NC(=O)NCc1cccc(C)n1)C(=O)O. The highest BCUT2D eigenvalue weighted by Crippen LogP contribution is 2.01. The maximum Gasteiger partial charge on any atom is 0.326 e. The fraction of sp³-hybridized carbons (Fsp3) is 0.500. The van der Waals surface area contributed by atoms with Crippen LogP contribution < -0.4 is 10.6 Å². The van der Waals surface area contributed by atoms with E-state index in [-0.39, 0.29) is 6.54 Å². The fourth-order valence-corrected chi connectivity index (χ4v) is 1.74. The summed E-state index contributed by atoms with van der Waals surface area (Å²) >= 11 is 0. The van der Waals surface area contributed by atoms with Gasteiger partial charge in [0.2, 0.25) is 0 Å². The number of hydrogen-bond donors (Lipinski definition) is 3. The van der Waals surface area contributed by atoms with Crippen molar-refractivity contribution in [1.29, 1.82) is 0 Å². The lowest BCUT2D eigenvalue weighted by molar-refractivity contribution is -0.139. The Morgan fingerprint density at radius 3 is 2.75 bits per heavy atom. The molecule has 0 fully saturated rings. The minimum atomic E-state index is -1.01. The monoisotopic (exact) mass is 279 g/mol. The van der Waals surface area contributed by atoms with Crippen LogP contribution in [0.5, 0.6) is 0 Å². The molecular formula is C14H21N3O3. The van der Waals surface area contributed by atoms with Crippen LogP contribution in [0.4, 0.5) is 4.79 Å². The molecule has 0 aromatic carbocycles. The van der Waals surface area contributed by atoms with Crippen LogP contribution in [0, 0.1) is 6.92 Å². The number of urea groups is 1. The smallest absolute Gasteiger partial charge is 0.326 e. The Balaban J connectivity index is 2.43. The van der Waals surface area contributed by atoms with E-state index in [4.69, 9.17) is 5.11 Å². The van der Waals surface area contributed by atoms with Crippen molar-refractivity contribution < 1.29 is 14.7 Å². The number of carboxylic acid groups (broad SMARTS) is 1. The molecule has 1 aromatic heterocycles. The highest BCUT2D eigenvalue weighted by Gasteiger charge is 2.18. The molecule has 20 heavy (non-hydrogen) atoms. The number of pyridine rings is 1. The van der Waals surface area contributed by atoms with Gasteiger partial charge in [-0.2, -0.15) is 0 Å². The third-order valence-corrected chi connectivity index (χ3v) is 2.83. The molecule has 0 aliphatic rings. The number of aromatic nitrogens is 1. The zero-order chi connectivity index (χ0) is 15.0. The molecule has 0 radical (unpaired) electrons. The minimum Gasteiger partial charge on any atom is -0.480 e. The van der Waals surface area contributed by atoms with Crippen molar-refractivity contribution in [2.24, 2.45) is 0 Å². The lowest BCUT2D eigenvalue weighted by Gasteiger charge is -2.14. The Kier molecular flexibility index (Phi) is 6.49. The largest absolute Gasteiger partial charge is 0.480 e. The summed E-state index contributed by atoms with van der Waals surface area (Å²) in [6.45, 7) is 4.12. The molecule has 1 aromatic rings. The van der Waals surface area contributed by atoms with Crippen LogP contribution >= 0.6 is 0 Å². The maximum absolute atomic E-state index is 11.7. The second-order valence-corrected chi connectivity index (χ2v) is 4.63. The van der Waals surface area contributed by atoms with Gasteiger partial charge in [-0.3, -0.25) is 4.98 Å². The number of hydrogen-bond acceptors (Lipinski definition) is 3. The Morgan fingerprint density at radius 2 is 2.15 bits per heavy atom. The number of carbonyl (C=O) groups is 2.